The number of carbonyl (C=O) groups excluding carboxylic acids is 2. The van der Waals surface area contributed by atoms with Crippen molar-refractivity contribution in [1.29, 1.82) is 0 Å². The van der Waals surface area contributed by atoms with Gasteiger partial charge in [0, 0.05) is 11.1 Å². The molecular weight excluding hydrogens is 554 g/mol. The normalized spacial score (nSPS) is 10.7. The van der Waals surface area contributed by atoms with Crippen LogP contribution >= 0.6 is 31.9 Å². The van der Waals surface area contributed by atoms with Crippen molar-refractivity contribution < 1.29 is 34.0 Å². The first kappa shape index (κ1) is 25.3. The lowest BCUT2D eigenvalue weighted by atomic mass is 10.1. The Kier molecular flexibility index (Phi) is 8.72. The molecule has 172 valence electrons. The molecule has 0 unspecified atom stereocenters. The van der Waals surface area contributed by atoms with E-state index in [1.807, 2.05) is 0 Å². The van der Waals surface area contributed by atoms with E-state index in [1.165, 1.54) is 39.7 Å². The molecule has 12 heteroatoms. The maximum Gasteiger partial charge on any atom is 0.259 e. The molecule has 0 aliphatic rings. The highest BCUT2D eigenvalue weighted by molar-refractivity contribution is 9.11. The molecule has 2 amide bonds. The van der Waals surface area contributed by atoms with E-state index in [2.05, 4.69) is 47.7 Å². The van der Waals surface area contributed by atoms with Crippen molar-refractivity contribution in [3.8, 4) is 28.7 Å². The molecule has 2 rings (SSSR count). The number of carbonyl (C=O) groups is 2. The summed E-state index contributed by atoms with van der Waals surface area (Å²) in [6.07, 6.45) is 1.22. The zero-order valence-electron chi connectivity index (χ0n) is 17.6. The molecule has 0 bridgehead atoms. The molecule has 2 aromatic carbocycles. The third-order valence-electron chi connectivity index (χ3n) is 4.33. The van der Waals surface area contributed by atoms with Crippen LogP contribution < -0.4 is 25.0 Å². The van der Waals surface area contributed by atoms with Gasteiger partial charge in [-0.3, -0.25) is 9.59 Å². The van der Waals surface area contributed by atoms with Gasteiger partial charge in [0.15, 0.2) is 11.5 Å². The minimum Gasteiger partial charge on any atom is -0.506 e. The van der Waals surface area contributed by atoms with Crippen LogP contribution in [0.5, 0.6) is 28.7 Å². The molecule has 10 nitrogen and oxygen atoms in total. The van der Waals surface area contributed by atoms with Crippen LogP contribution in [0, 0.1) is 6.92 Å². The monoisotopic (exact) mass is 573 g/mol. The van der Waals surface area contributed by atoms with Gasteiger partial charge in [-0.15, -0.1) is 0 Å². The Hall–Kier alpha value is -2.99. The number of nitrogens with zero attached hydrogens (tertiary/aromatic N) is 1. The molecule has 0 saturated heterocycles. The first-order chi connectivity index (χ1) is 15.2. The molecule has 0 aliphatic heterocycles. The molecule has 0 aliphatic carbocycles. The Morgan fingerprint density at radius 1 is 1.03 bits per heavy atom. The third-order valence-corrected chi connectivity index (χ3v) is 6.05. The quantitative estimate of drug-likeness (QED) is 0.281. The standard InChI is InChI=1S/C20H21Br2N3O7/c1-9-11(17(27)16(22)18(28)15(9)21)7-24-25-14(26)8-23-20(29)10-5-12(30-2)19(32-4)13(6-10)31-3/h5-7,27-28H,8H2,1-4H3,(H,23,29)(H,25,26)/b24-7+. The van der Waals surface area contributed by atoms with Gasteiger partial charge in [0.1, 0.15) is 16.0 Å². The Morgan fingerprint density at radius 2 is 1.62 bits per heavy atom. The van der Waals surface area contributed by atoms with Gasteiger partial charge in [0.2, 0.25) is 5.75 Å². The Morgan fingerprint density at radius 3 is 2.16 bits per heavy atom. The SMILES string of the molecule is COc1cc(C(=O)NCC(=O)N/N=C/c2c(C)c(Br)c(O)c(Br)c2O)cc(OC)c1OC. The number of hydrogen-bond donors (Lipinski definition) is 4. The van der Waals surface area contributed by atoms with Gasteiger partial charge in [-0.2, -0.15) is 5.10 Å². The van der Waals surface area contributed by atoms with Crippen LogP contribution in [0.3, 0.4) is 0 Å². The van der Waals surface area contributed by atoms with Crippen LogP contribution in [0.15, 0.2) is 26.2 Å². The number of benzene rings is 2. The number of phenolic OH excluding ortho intramolecular Hbond substituents is 2. The first-order valence-corrected chi connectivity index (χ1v) is 10.5. The molecule has 0 radical (unpaired) electrons. The van der Waals surface area contributed by atoms with Crippen LogP contribution in [-0.2, 0) is 4.79 Å². The zero-order valence-corrected chi connectivity index (χ0v) is 20.7. The van der Waals surface area contributed by atoms with E-state index in [4.69, 9.17) is 14.2 Å². The predicted molar refractivity (Wildman–Crippen MR) is 124 cm³/mol. The van der Waals surface area contributed by atoms with Crippen molar-refractivity contribution in [2.45, 2.75) is 6.92 Å². The second-order valence-corrected chi connectivity index (χ2v) is 7.84. The Labute approximate surface area is 200 Å². The summed E-state index contributed by atoms with van der Waals surface area (Å²) in [6, 6.07) is 2.91. The number of phenols is 2. The highest BCUT2D eigenvalue weighted by Crippen LogP contribution is 2.43. The van der Waals surface area contributed by atoms with Crippen LogP contribution in [0.4, 0.5) is 0 Å². The number of aromatic hydroxyl groups is 2. The second-order valence-electron chi connectivity index (χ2n) is 6.25. The summed E-state index contributed by atoms with van der Waals surface area (Å²) in [4.78, 5) is 24.5. The molecule has 0 fully saturated rings. The maximum atomic E-state index is 12.4. The Bertz CT molecular complexity index is 1020. The van der Waals surface area contributed by atoms with Gasteiger partial charge in [-0.05, 0) is 56.5 Å². The lowest BCUT2D eigenvalue weighted by Gasteiger charge is -2.14. The average molecular weight is 575 g/mol. The van der Waals surface area contributed by atoms with E-state index in [-0.39, 0.29) is 33.6 Å². The number of hydrogen-bond acceptors (Lipinski definition) is 8. The van der Waals surface area contributed by atoms with Crippen LogP contribution in [0.2, 0.25) is 0 Å². The van der Waals surface area contributed by atoms with Crippen molar-refractivity contribution in [1.82, 2.24) is 10.7 Å². The minimum atomic E-state index is -0.601. The molecule has 0 saturated carbocycles. The molecule has 4 N–H and O–H groups in total. The van der Waals surface area contributed by atoms with Gasteiger partial charge >= 0.3 is 0 Å². The van der Waals surface area contributed by atoms with Gasteiger partial charge in [0.25, 0.3) is 11.8 Å². The highest BCUT2D eigenvalue weighted by atomic mass is 79.9. The molecule has 2 aromatic rings. The highest BCUT2D eigenvalue weighted by Gasteiger charge is 2.18. The fourth-order valence-electron chi connectivity index (χ4n) is 2.64. The largest absolute Gasteiger partial charge is 0.506 e. The number of amides is 2. The molecule has 0 spiro atoms. The smallest absolute Gasteiger partial charge is 0.259 e. The summed E-state index contributed by atoms with van der Waals surface area (Å²) >= 11 is 6.29. The van der Waals surface area contributed by atoms with Gasteiger partial charge < -0.3 is 29.7 Å². The van der Waals surface area contributed by atoms with E-state index < -0.39 is 11.8 Å². The molecule has 0 atom stereocenters. The number of nitrogens with one attached hydrogen (secondary N) is 2. The van der Waals surface area contributed by atoms with Crippen molar-refractivity contribution in [3.63, 3.8) is 0 Å². The fourth-order valence-corrected chi connectivity index (χ4v) is 3.73. The van der Waals surface area contributed by atoms with E-state index in [0.29, 0.717) is 27.3 Å². The number of hydrazone groups is 1. The first-order valence-electron chi connectivity index (χ1n) is 8.95. The average Bonchev–Trinajstić information content (AvgIpc) is 2.80. The maximum absolute atomic E-state index is 12.4. The molecular formula is C20H21Br2N3O7. The fraction of sp³-hybridized carbons (Fsp3) is 0.250. The summed E-state index contributed by atoms with van der Waals surface area (Å²) in [5.74, 6) is -0.600. The summed E-state index contributed by atoms with van der Waals surface area (Å²) in [6.45, 7) is 1.29. The Balaban J connectivity index is 2.05. The predicted octanol–water partition coefficient (Wildman–Crippen LogP) is 2.84. The van der Waals surface area contributed by atoms with Crippen molar-refractivity contribution >= 4 is 49.9 Å². The number of ether oxygens (including phenoxy) is 3. The van der Waals surface area contributed by atoms with Crippen molar-refractivity contribution in [2.24, 2.45) is 5.10 Å². The van der Waals surface area contributed by atoms with Crippen LogP contribution in [0.25, 0.3) is 0 Å². The number of halogens is 2. The van der Waals surface area contributed by atoms with Gasteiger partial charge in [-0.1, -0.05) is 0 Å². The van der Waals surface area contributed by atoms with Crippen LogP contribution in [-0.4, -0.2) is 56.1 Å². The lowest BCUT2D eigenvalue weighted by molar-refractivity contribution is -0.120. The van der Waals surface area contributed by atoms with Crippen LogP contribution in [0.1, 0.15) is 21.5 Å². The minimum absolute atomic E-state index is 0.0837. The summed E-state index contributed by atoms with van der Waals surface area (Å²) in [7, 11) is 4.30. The summed E-state index contributed by atoms with van der Waals surface area (Å²) < 4.78 is 16.1. The molecule has 32 heavy (non-hydrogen) atoms. The topological polar surface area (TPSA) is 139 Å². The van der Waals surface area contributed by atoms with Crippen molar-refractivity contribution in [2.75, 3.05) is 27.9 Å². The zero-order chi connectivity index (χ0) is 24.0. The number of methoxy groups -OCH3 is 3. The summed E-state index contributed by atoms with van der Waals surface area (Å²) in [5, 5.41) is 26.3. The van der Waals surface area contributed by atoms with E-state index in [1.54, 1.807) is 6.92 Å². The van der Waals surface area contributed by atoms with Gasteiger partial charge in [0.05, 0.1) is 38.6 Å². The van der Waals surface area contributed by atoms with E-state index >= 15 is 0 Å². The lowest BCUT2D eigenvalue weighted by Crippen LogP contribution is -2.35. The molecule has 0 aromatic heterocycles. The third kappa shape index (κ3) is 5.43. The second kappa shape index (κ2) is 11.0. The van der Waals surface area contributed by atoms with Crippen molar-refractivity contribution in [3.05, 3.63) is 37.8 Å². The summed E-state index contributed by atoms with van der Waals surface area (Å²) in [5.41, 5.74) is 3.25. The van der Waals surface area contributed by atoms with E-state index in [9.17, 15) is 19.8 Å². The van der Waals surface area contributed by atoms with Gasteiger partial charge in [-0.25, -0.2) is 5.43 Å². The molecule has 0 heterocycles. The number of rotatable bonds is 8. The van der Waals surface area contributed by atoms with E-state index in [0.717, 1.165) is 0 Å².